The van der Waals surface area contributed by atoms with Crippen LogP contribution in [-0.4, -0.2) is 10.9 Å². The molecule has 3 aromatic rings. The van der Waals surface area contributed by atoms with E-state index in [-0.39, 0.29) is 5.91 Å². The molecule has 1 aromatic heterocycles. The Bertz CT molecular complexity index is 768. The van der Waals surface area contributed by atoms with Gasteiger partial charge in [0.1, 0.15) is 5.52 Å². The van der Waals surface area contributed by atoms with E-state index in [1.807, 2.05) is 55.5 Å². The minimum absolute atomic E-state index is 0.00642. The van der Waals surface area contributed by atoms with Gasteiger partial charge in [-0.05, 0) is 24.3 Å². The first-order chi connectivity index (χ1) is 10.3. The van der Waals surface area contributed by atoms with Gasteiger partial charge in [0.2, 0.25) is 5.91 Å². The number of amides is 1. The fraction of sp³-hybridized carbons (Fsp3) is 0.125. The quantitative estimate of drug-likeness (QED) is 0.751. The highest BCUT2D eigenvalue weighted by Gasteiger charge is 2.09. The third kappa shape index (κ3) is 3.03. The molecule has 0 fully saturated rings. The van der Waals surface area contributed by atoms with Crippen molar-refractivity contribution in [1.82, 2.24) is 4.98 Å². The van der Waals surface area contributed by atoms with Crippen LogP contribution in [0.5, 0.6) is 0 Å². The van der Waals surface area contributed by atoms with Crippen LogP contribution in [0.25, 0.3) is 10.2 Å². The predicted octanol–water partition coefficient (Wildman–Crippen LogP) is 4.39. The maximum atomic E-state index is 11.6. The molecule has 2 N–H and O–H groups in total. The Hall–Kier alpha value is -2.40. The summed E-state index contributed by atoms with van der Waals surface area (Å²) in [6, 6.07) is 15.7. The number of thiazole rings is 1. The first-order valence-corrected chi connectivity index (χ1v) is 7.59. The molecule has 0 spiro atoms. The molecule has 0 radical (unpaired) electrons. The monoisotopic (exact) mass is 297 g/mol. The largest absolute Gasteiger partial charge is 0.332 e. The summed E-state index contributed by atoms with van der Waals surface area (Å²) in [6.45, 7) is 1.83. The zero-order valence-corrected chi connectivity index (χ0v) is 12.4. The van der Waals surface area contributed by atoms with Gasteiger partial charge in [-0.1, -0.05) is 42.5 Å². The average molecular weight is 297 g/mol. The molecule has 4 nitrogen and oxygen atoms in total. The SMILES string of the molecule is CCC(=O)Nc1cccc2sc(Nc3ccccc3)nc12. The number of nitrogens with one attached hydrogen (secondary N) is 2. The van der Waals surface area contributed by atoms with Gasteiger partial charge in [-0.25, -0.2) is 4.98 Å². The summed E-state index contributed by atoms with van der Waals surface area (Å²) in [5, 5.41) is 6.99. The van der Waals surface area contributed by atoms with Gasteiger partial charge in [0, 0.05) is 12.1 Å². The fourth-order valence-electron chi connectivity index (χ4n) is 1.99. The lowest BCUT2D eigenvalue weighted by Gasteiger charge is -2.03. The number of hydrogen-bond acceptors (Lipinski definition) is 4. The standard InChI is InChI=1S/C16H15N3OS/c1-2-14(20)18-12-9-6-10-13-15(12)19-16(21-13)17-11-7-4-3-5-8-11/h3-10H,2H2,1H3,(H,17,19)(H,18,20). The normalized spacial score (nSPS) is 10.5. The van der Waals surface area contributed by atoms with Gasteiger partial charge in [0.25, 0.3) is 0 Å². The number of aromatic nitrogens is 1. The van der Waals surface area contributed by atoms with E-state index >= 15 is 0 Å². The molecule has 21 heavy (non-hydrogen) atoms. The fourth-order valence-corrected chi connectivity index (χ4v) is 2.90. The lowest BCUT2D eigenvalue weighted by molar-refractivity contribution is -0.115. The molecular formula is C16H15N3OS. The van der Waals surface area contributed by atoms with Crippen LogP contribution in [0.2, 0.25) is 0 Å². The van der Waals surface area contributed by atoms with Crippen molar-refractivity contribution >= 4 is 44.0 Å². The smallest absolute Gasteiger partial charge is 0.224 e. The maximum absolute atomic E-state index is 11.6. The van der Waals surface area contributed by atoms with Gasteiger partial charge in [-0.15, -0.1) is 0 Å². The molecule has 0 aliphatic rings. The molecule has 0 saturated carbocycles. The van der Waals surface area contributed by atoms with Crippen LogP contribution in [0.4, 0.5) is 16.5 Å². The number of carbonyl (C=O) groups excluding carboxylic acids is 1. The van der Waals surface area contributed by atoms with Crippen molar-refractivity contribution in [2.24, 2.45) is 0 Å². The van der Waals surface area contributed by atoms with Crippen LogP contribution in [0.1, 0.15) is 13.3 Å². The Balaban J connectivity index is 1.92. The van der Waals surface area contributed by atoms with Gasteiger partial charge in [-0.2, -0.15) is 0 Å². The van der Waals surface area contributed by atoms with E-state index < -0.39 is 0 Å². The number of hydrogen-bond donors (Lipinski definition) is 2. The third-order valence-electron chi connectivity index (χ3n) is 3.04. The zero-order valence-electron chi connectivity index (χ0n) is 11.6. The van der Waals surface area contributed by atoms with Crippen LogP contribution in [-0.2, 0) is 4.79 Å². The number of para-hydroxylation sites is 2. The van der Waals surface area contributed by atoms with Gasteiger partial charge >= 0.3 is 0 Å². The second kappa shape index (κ2) is 5.93. The number of carbonyl (C=O) groups is 1. The zero-order chi connectivity index (χ0) is 14.7. The highest BCUT2D eigenvalue weighted by Crippen LogP contribution is 2.32. The third-order valence-corrected chi connectivity index (χ3v) is 3.98. The van der Waals surface area contributed by atoms with Crippen molar-refractivity contribution in [3.63, 3.8) is 0 Å². The predicted molar refractivity (Wildman–Crippen MR) is 88.3 cm³/mol. The van der Waals surface area contributed by atoms with Crippen molar-refractivity contribution in [1.29, 1.82) is 0 Å². The molecule has 1 amide bonds. The first-order valence-electron chi connectivity index (χ1n) is 6.77. The molecular weight excluding hydrogens is 282 g/mol. The Morgan fingerprint density at radius 1 is 1.14 bits per heavy atom. The number of benzene rings is 2. The second-order valence-electron chi connectivity index (χ2n) is 4.56. The highest BCUT2D eigenvalue weighted by molar-refractivity contribution is 7.22. The molecule has 2 aromatic carbocycles. The minimum Gasteiger partial charge on any atom is -0.332 e. The molecule has 106 valence electrons. The first kappa shape index (κ1) is 13.6. The van der Waals surface area contributed by atoms with Crippen molar-refractivity contribution in [2.75, 3.05) is 10.6 Å². The Labute approximate surface area is 126 Å². The Morgan fingerprint density at radius 2 is 1.95 bits per heavy atom. The summed E-state index contributed by atoms with van der Waals surface area (Å²) in [4.78, 5) is 16.2. The van der Waals surface area contributed by atoms with E-state index in [1.54, 1.807) is 11.3 Å². The average Bonchev–Trinajstić information content (AvgIpc) is 2.91. The molecule has 0 unspecified atom stereocenters. The van der Waals surface area contributed by atoms with Gasteiger partial charge < -0.3 is 10.6 Å². The summed E-state index contributed by atoms with van der Waals surface area (Å²) in [5.41, 5.74) is 2.58. The van der Waals surface area contributed by atoms with E-state index in [9.17, 15) is 4.79 Å². The van der Waals surface area contributed by atoms with E-state index in [1.165, 1.54) is 0 Å². The molecule has 0 aliphatic heterocycles. The molecule has 0 atom stereocenters. The van der Waals surface area contributed by atoms with Gasteiger partial charge in [0.15, 0.2) is 5.13 Å². The minimum atomic E-state index is -0.00642. The van der Waals surface area contributed by atoms with Crippen LogP contribution in [0, 0.1) is 0 Å². The molecule has 0 saturated heterocycles. The Morgan fingerprint density at radius 3 is 2.71 bits per heavy atom. The summed E-state index contributed by atoms with van der Waals surface area (Å²) in [7, 11) is 0. The maximum Gasteiger partial charge on any atom is 0.224 e. The van der Waals surface area contributed by atoms with Crippen molar-refractivity contribution in [2.45, 2.75) is 13.3 Å². The summed E-state index contributed by atoms with van der Waals surface area (Å²) in [6.07, 6.45) is 0.454. The van der Waals surface area contributed by atoms with Crippen LogP contribution < -0.4 is 10.6 Å². The topological polar surface area (TPSA) is 54.0 Å². The Kier molecular flexibility index (Phi) is 3.83. The van der Waals surface area contributed by atoms with Crippen LogP contribution in [0.15, 0.2) is 48.5 Å². The lowest BCUT2D eigenvalue weighted by Crippen LogP contribution is -2.09. The lowest BCUT2D eigenvalue weighted by atomic mass is 10.3. The molecule has 3 rings (SSSR count). The molecule has 0 aliphatic carbocycles. The highest BCUT2D eigenvalue weighted by atomic mass is 32.1. The van der Waals surface area contributed by atoms with Crippen LogP contribution >= 0.6 is 11.3 Å². The molecule has 5 heteroatoms. The number of rotatable bonds is 4. The molecule has 1 heterocycles. The van der Waals surface area contributed by atoms with E-state index in [0.29, 0.717) is 6.42 Å². The second-order valence-corrected chi connectivity index (χ2v) is 5.59. The number of fused-ring (bicyclic) bond motifs is 1. The van der Waals surface area contributed by atoms with E-state index in [2.05, 4.69) is 15.6 Å². The van der Waals surface area contributed by atoms with Crippen molar-refractivity contribution in [3.05, 3.63) is 48.5 Å². The summed E-state index contributed by atoms with van der Waals surface area (Å²) in [5.74, 6) is -0.00642. The van der Waals surface area contributed by atoms with Gasteiger partial charge in [0.05, 0.1) is 10.4 Å². The number of anilines is 3. The summed E-state index contributed by atoms with van der Waals surface area (Å²) < 4.78 is 1.04. The van der Waals surface area contributed by atoms with Crippen molar-refractivity contribution < 1.29 is 4.79 Å². The summed E-state index contributed by atoms with van der Waals surface area (Å²) >= 11 is 1.57. The van der Waals surface area contributed by atoms with E-state index in [4.69, 9.17) is 0 Å². The van der Waals surface area contributed by atoms with Crippen molar-refractivity contribution in [3.8, 4) is 0 Å². The van der Waals surface area contributed by atoms with Gasteiger partial charge in [-0.3, -0.25) is 4.79 Å². The molecule has 0 bridgehead atoms. The number of nitrogens with zero attached hydrogens (tertiary/aromatic N) is 1. The van der Waals surface area contributed by atoms with Crippen LogP contribution in [0.3, 0.4) is 0 Å². The van der Waals surface area contributed by atoms with E-state index in [0.717, 1.165) is 26.7 Å².